The summed E-state index contributed by atoms with van der Waals surface area (Å²) in [5.41, 5.74) is 2.02. The summed E-state index contributed by atoms with van der Waals surface area (Å²) in [6, 6.07) is 8.06. The molecule has 150 valence electrons. The molecule has 1 aliphatic carbocycles. The van der Waals surface area contributed by atoms with E-state index in [1.807, 2.05) is 32.2 Å². The molecular formula is C21H33IN4O. The van der Waals surface area contributed by atoms with Crippen molar-refractivity contribution in [2.75, 3.05) is 25.5 Å². The predicted molar refractivity (Wildman–Crippen MR) is 123 cm³/mol. The van der Waals surface area contributed by atoms with Crippen LogP contribution in [0.3, 0.4) is 0 Å². The lowest BCUT2D eigenvalue weighted by atomic mass is 9.82. The number of nitrogens with one attached hydrogen (secondary N) is 2. The molecule has 1 amide bonds. The Hall–Kier alpha value is -1.31. The minimum absolute atomic E-state index is 0. The summed E-state index contributed by atoms with van der Waals surface area (Å²) in [5.74, 6) is 2.77. The number of carbonyl (C=O) groups excluding carboxylic acids is 1. The SMILES string of the molecule is CCCC(=O)Nc1cccc(CNC(=NC)N2CC3CCCCC3C2)c1.I. The Kier molecular flexibility index (Phi) is 8.86. The number of nitrogens with zero attached hydrogens (tertiary/aromatic N) is 2. The Morgan fingerprint density at radius 1 is 1.22 bits per heavy atom. The Morgan fingerprint density at radius 3 is 2.56 bits per heavy atom. The number of carbonyl (C=O) groups is 1. The Labute approximate surface area is 180 Å². The average molecular weight is 484 g/mol. The predicted octanol–water partition coefficient (Wildman–Crippen LogP) is 4.24. The fourth-order valence-corrected chi connectivity index (χ4v) is 4.30. The van der Waals surface area contributed by atoms with Gasteiger partial charge in [0.05, 0.1) is 0 Å². The highest BCUT2D eigenvalue weighted by atomic mass is 127. The van der Waals surface area contributed by atoms with E-state index in [1.165, 1.54) is 25.7 Å². The number of aliphatic imine (C=N–C) groups is 1. The van der Waals surface area contributed by atoms with E-state index in [4.69, 9.17) is 0 Å². The van der Waals surface area contributed by atoms with Gasteiger partial charge in [-0.3, -0.25) is 9.79 Å². The fraction of sp³-hybridized carbons (Fsp3) is 0.619. The number of hydrogen-bond acceptors (Lipinski definition) is 2. The molecule has 0 spiro atoms. The summed E-state index contributed by atoms with van der Waals surface area (Å²) in [6.07, 6.45) is 6.94. The van der Waals surface area contributed by atoms with Gasteiger partial charge in [-0.15, -0.1) is 24.0 Å². The fourth-order valence-electron chi connectivity index (χ4n) is 4.30. The normalized spacial score (nSPS) is 22.0. The van der Waals surface area contributed by atoms with Crippen molar-refractivity contribution in [1.82, 2.24) is 10.2 Å². The van der Waals surface area contributed by atoms with Crippen molar-refractivity contribution in [3.8, 4) is 0 Å². The molecule has 1 heterocycles. The van der Waals surface area contributed by atoms with Gasteiger partial charge in [0, 0.05) is 38.8 Å². The standard InChI is InChI=1S/C21H32N4O.HI/c1-3-7-20(26)24-19-11-6-8-16(12-19)13-23-21(22-2)25-14-17-9-4-5-10-18(17)15-25;/h6,8,11-12,17-18H,3-5,7,9-10,13-15H2,1-2H3,(H,22,23)(H,24,26);1H. The van der Waals surface area contributed by atoms with Gasteiger partial charge in [0.25, 0.3) is 0 Å². The highest BCUT2D eigenvalue weighted by Crippen LogP contribution is 2.35. The molecule has 1 aromatic carbocycles. The van der Waals surface area contributed by atoms with Crippen LogP contribution in [-0.4, -0.2) is 36.9 Å². The van der Waals surface area contributed by atoms with Crippen LogP contribution in [0.1, 0.15) is 51.0 Å². The van der Waals surface area contributed by atoms with E-state index in [2.05, 4.69) is 26.6 Å². The van der Waals surface area contributed by atoms with Gasteiger partial charge in [-0.05, 0) is 48.8 Å². The molecule has 2 N–H and O–H groups in total. The molecule has 1 aliphatic heterocycles. The van der Waals surface area contributed by atoms with Gasteiger partial charge < -0.3 is 15.5 Å². The van der Waals surface area contributed by atoms with Crippen LogP contribution in [0.15, 0.2) is 29.3 Å². The van der Waals surface area contributed by atoms with Gasteiger partial charge in [0.2, 0.25) is 5.91 Å². The summed E-state index contributed by atoms with van der Waals surface area (Å²) >= 11 is 0. The number of guanidine groups is 1. The smallest absolute Gasteiger partial charge is 0.224 e. The zero-order chi connectivity index (χ0) is 18.4. The highest BCUT2D eigenvalue weighted by molar-refractivity contribution is 14.0. The van der Waals surface area contributed by atoms with Crippen molar-refractivity contribution in [3.05, 3.63) is 29.8 Å². The van der Waals surface area contributed by atoms with Gasteiger partial charge >= 0.3 is 0 Å². The number of benzene rings is 1. The lowest BCUT2D eigenvalue weighted by Crippen LogP contribution is -2.39. The van der Waals surface area contributed by atoms with Gasteiger partial charge in [0.15, 0.2) is 5.96 Å². The first-order valence-electron chi connectivity index (χ1n) is 10.0. The summed E-state index contributed by atoms with van der Waals surface area (Å²) in [5, 5.41) is 6.47. The molecule has 1 aromatic rings. The number of halogens is 1. The molecule has 6 heteroatoms. The molecule has 0 radical (unpaired) electrons. The maximum Gasteiger partial charge on any atom is 0.224 e. The maximum atomic E-state index is 11.8. The number of anilines is 1. The second-order valence-corrected chi connectivity index (χ2v) is 7.61. The van der Waals surface area contributed by atoms with Crippen LogP contribution in [-0.2, 0) is 11.3 Å². The van der Waals surface area contributed by atoms with E-state index in [0.29, 0.717) is 6.42 Å². The second-order valence-electron chi connectivity index (χ2n) is 7.61. The van der Waals surface area contributed by atoms with Gasteiger partial charge in [0.1, 0.15) is 0 Å². The summed E-state index contributed by atoms with van der Waals surface area (Å²) in [4.78, 5) is 18.7. The summed E-state index contributed by atoms with van der Waals surface area (Å²) in [6.45, 7) is 5.00. The maximum absolute atomic E-state index is 11.8. The third-order valence-electron chi connectivity index (χ3n) is 5.63. The van der Waals surface area contributed by atoms with Crippen molar-refractivity contribution in [3.63, 3.8) is 0 Å². The average Bonchev–Trinajstić information content (AvgIpc) is 3.06. The molecule has 0 aromatic heterocycles. The van der Waals surface area contributed by atoms with Crippen molar-refractivity contribution in [1.29, 1.82) is 0 Å². The van der Waals surface area contributed by atoms with Crippen molar-refractivity contribution in [2.24, 2.45) is 16.8 Å². The van der Waals surface area contributed by atoms with Crippen molar-refractivity contribution in [2.45, 2.75) is 52.0 Å². The third-order valence-corrected chi connectivity index (χ3v) is 5.63. The summed E-state index contributed by atoms with van der Waals surface area (Å²) in [7, 11) is 1.87. The Balaban J connectivity index is 0.00000261. The number of likely N-dealkylation sites (tertiary alicyclic amines) is 1. The zero-order valence-electron chi connectivity index (χ0n) is 16.5. The molecule has 2 aliphatic rings. The van der Waals surface area contributed by atoms with Gasteiger partial charge in [-0.1, -0.05) is 31.9 Å². The van der Waals surface area contributed by atoms with Crippen LogP contribution >= 0.6 is 24.0 Å². The first-order valence-corrected chi connectivity index (χ1v) is 10.0. The van der Waals surface area contributed by atoms with E-state index < -0.39 is 0 Å². The monoisotopic (exact) mass is 484 g/mol. The van der Waals surface area contributed by atoms with Crippen LogP contribution in [0.25, 0.3) is 0 Å². The van der Waals surface area contributed by atoms with Gasteiger partial charge in [-0.25, -0.2) is 0 Å². The molecular weight excluding hydrogens is 451 g/mol. The molecule has 2 atom stereocenters. The van der Waals surface area contributed by atoms with E-state index >= 15 is 0 Å². The molecule has 1 saturated heterocycles. The van der Waals surface area contributed by atoms with E-state index in [0.717, 1.165) is 55.1 Å². The zero-order valence-corrected chi connectivity index (χ0v) is 18.9. The van der Waals surface area contributed by atoms with Crippen LogP contribution in [0, 0.1) is 11.8 Å². The highest BCUT2D eigenvalue weighted by Gasteiger charge is 2.35. The van der Waals surface area contributed by atoms with Crippen LogP contribution < -0.4 is 10.6 Å². The number of fused-ring (bicyclic) bond motifs is 1. The van der Waals surface area contributed by atoms with Crippen molar-refractivity contribution >= 4 is 41.5 Å². The first kappa shape index (κ1) is 22.0. The summed E-state index contributed by atoms with van der Waals surface area (Å²) < 4.78 is 0. The number of hydrogen-bond donors (Lipinski definition) is 2. The van der Waals surface area contributed by atoms with Gasteiger partial charge in [-0.2, -0.15) is 0 Å². The molecule has 2 fully saturated rings. The quantitative estimate of drug-likeness (QED) is 0.374. The minimum atomic E-state index is 0. The second kappa shape index (κ2) is 10.9. The largest absolute Gasteiger partial charge is 0.352 e. The minimum Gasteiger partial charge on any atom is -0.352 e. The number of amides is 1. The molecule has 27 heavy (non-hydrogen) atoms. The third kappa shape index (κ3) is 6.09. The van der Waals surface area contributed by atoms with E-state index in [9.17, 15) is 4.79 Å². The van der Waals surface area contributed by atoms with Crippen LogP contribution in [0.2, 0.25) is 0 Å². The van der Waals surface area contributed by atoms with E-state index in [-0.39, 0.29) is 29.9 Å². The van der Waals surface area contributed by atoms with Crippen LogP contribution in [0.4, 0.5) is 5.69 Å². The Morgan fingerprint density at radius 2 is 1.93 bits per heavy atom. The Bertz CT molecular complexity index is 635. The first-order chi connectivity index (χ1) is 12.7. The lowest BCUT2D eigenvalue weighted by molar-refractivity contribution is -0.116. The van der Waals surface area contributed by atoms with Crippen molar-refractivity contribution < 1.29 is 4.79 Å². The molecule has 5 nitrogen and oxygen atoms in total. The molecule has 3 rings (SSSR count). The molecule has 0 bridgehead atoms. The molecule has 2 unspecified atom stereocenters. The van der Waals surface area contributed by atoms with E-state index in [1.54, 1.807) is 0 Å². The van der Waals surface area contributed by atoms with Crippen LogP contribution in [0.5, 0.6) is 0 Å². The topological polar surface area (TPSA) is 56.7 Å². The lowest BCUT2D eigenvalue weighted by Gasteiger charge is -2.22. The number of rotatable bonds is 5. The molecule has 1 saturated carbocycles.